The first-order valence-electron chi connectivity index (χ1n) is 7.53. The number of hydrogen-bond acceptors (Lipinski definition) is 3. The molecule has 0 amide bonds. The average Bonchev–Trinajstić information content (AvgIpc) is 2.56. The van der Waals surface area contributed by atoms with Gasteiger partial charge in [0.25, 0.3) is 0 Å². The average molecular weight is 283 g/mol. The highest BCUT2D eigenvalue weighted by Crippen LogP contribution is 2.32. The smallest absolute Gasteiger partial charge is 0.161 e. The van der Waals surface area contributed by atoms with Gasteiger partial charge in [-0.25, -0.2) is 0 Å². The van der Waals surface area contributed by atoms with E-state index < -0.39 is 0 Å². The summed E-state index contributed by atoms with van der Waals surface area (Å²) in [5.74, 6) is 1.29. The summed E-state index contributed by atoms with van der Waals surface area (Å²) in [6.45, 7) is 2.58. The van der Waals surface area contributed by atoms with Gasteiger partial charge in [-0.3, -0.25) is 0 Å². The third kappa shape index (κ3) is 3.56. The van der Waals surface area contributed by atoms with Crippen LogP contribution in [0.3, 0.4) is 0 Å². The van der Waals surface area contributed by atoms with Crippen molar-refractivity contribution in [1.29, 1.82) is 0 Å². The van der Waals surface area contributed by atoms with Crippen LogP contribution in [0.5, 0.6) is 11.5 Å². The number of nitrogens with one attached hydrogen (secondary N) is 1. The molecule has 1 heterocycles. The van der Waals surface area contributed by atoms with Crippen molar-refractivity contribution >= 4 is 0 Å². The lowest BCUT2D eigenvalue weighted by Crippen LogP contribution is -2.28. The Morgan fingerprint density at radius 2 is 2.00 bits per heavy atom. The van der Waals surface area contributed by atoms with Crippen molar-refractivity contribution in [3.63, 3.8) is 0 Å². The Hall–Kier alpha value is -2.00. The molecule has 0 aromatic heterocycles. The minimum Gasteiger partial charge on any atom is -0.504 e. The molecule has 1 saturated heterocycles. The maximum Gasteiger partial charge on any atom is 0.161 e. The molecule has 3 rings (SSSR count). The third-order valence-electron chi connectivity index (χ3n) is 3.99. The minimum atomic E-state index is 0.207. The van der Waals surface area contributed by atoms with Crippen LogP contribution < -0.4 is 10.1 Å². The number of phenolic OH excluding ortho intramolecular Hbond substituents is 1. The molecule has 21 heavy (non-hydrogen) atoms. The summed E-state index contributed by atoms with van der Waals surface area (Å²) in [4.78, 5) is 0. The Balaban J connectivity index is 1.72. The summed E-state index contributed by atoms with van der Waals surface area (Å²) < 4.78 is 5.78. The first kappa shape index (κ1) is 14.0. The number of aromatic hydroxyl groups is 1. The zero-order chi connectivity index (χ0) is 14.5. The topological polar surface area (TPSA) is 41.5 Å². The van der Waals surface area contributed by atoms with E-state index in [-0.39, 0.29) is 5.75 Å². The molecular weight excluding hydrogens is 262 g/mol. The Labute approximate surface area is 125 Å². The molecule has 2 aromatic rings. The molecule has 3 nitrogen and oxygen atoms in total. The fourth-order valence-electron chi connectivity index (χ4n) is 2.77. The summed E-state index contributed by atoms with van der Waals surface area (Å²) in [6, 6.07) is 15.7. The second kappa shape index (κ2) is 6.64. The van der Waals surface area contributed by atoms with Gasteiger partial charge in [-0.05, 0) is 48.6 Å². The molecule has 1 fully saturated rings. The van der Waals surface area contributed by atoms with Gasteiger partial charge in [0.05, 0.1) is 0 Å². The van der Waals surface area contributed by atoms with Crippen LogP contribution in [0.4, 0.5) is 0 Å². The van der Waals surface area contributed by atoms with Crippen molar-refractivity contribution in [2.24, 2.45) is 0 Å². The van der Waals surface area contributed by atoms with E-state index in [4.69, 9.17) is 4.74 Å². The Kier molecular flexibility index (Phi) is 4.41. The van der Waals surface area contributed by atoms with E-state index in [1.807, 2.05) is 42.5 Å². The Morgan fingerprint density at radius 1 is 1.14 bits per heavy atom. The summed E-state index contributed by atoms with van der Waals surface area (Å²) >= 11 is 0. The molecule has 1 unspecified atom stereocenters. The fraction of sp³-hybridized carbons (Fsp3) is 0.333. The van der Waals surface area contributed by atoms with Gasteiger partial charge in [0.1, 0.15) is 6.61 Å². The molecule has 1 aliphatic rings. The van der Waals surface area contributed by atoms with E-state index in [2.05, 4.69) is 5.32 Å². The lowest BCUT2D eigenvalue weighted by atomic mass is 9.91. The van der Waals surface area contributed by atoms with Gasteiger partial charge < -0.3 is 15.2 Å². The number of phenols is 1. The van der Waals surface area contributed by atoms with Gasteiger partial charge in [-0.2, -0.15) is 0 Å². The zero-order valence-corrected chi connectivity index (χ0v) is 12.1. The standard InChI is InChI=1S/C18H21NO2/c20-17-9-8-15(16-7-4-10-19-12-16)11-18(17)21-13-14-5-2-1-3-6-14/h1-3,5-6,8-9,11,16,19-20H,4,7,10,12-13H2. The number of benzene rings is 2. The molecule has 110 valence electrons. The van der Waals surface area contributed by atoms with E-state index >= 15 is 0 Å². The number of ether oxygens (including phenoxy) is 1. The van der Waals surface area contributed by atoms with Crippen molar-refractivity contribution in [3.05, 3.63) is 59.7 Å². The van der Waals surface area contributed by atoms with Gasteiger partial charge >= 0.3 is 0 Å². The highest BCUT2D eigenvalue weighted by atomic mass is 16.5. The molecule has 0 saturated carbocycles. The Bertz CT molecular complexity index is 577. The second-order valence-corrected chi connectivity index (χ2v) is 5.54. The van der Waals surface area contributed by atoms with E-state index in [0.29, 0.717) is 18.3 Å². The van der Waals surface area contributed by atoms with Crippen LogP contribution in [-0.2, 0) is 6.61 Å². The molecule has 1 atom stereocenters. The normalized spacial score (nSPS) is 18.4. The van der Waals surface area contributed by atoms with Crippen LogP contribution in [0.2, 0.25) is 0 Å². The second-order valence-electron chi connectivity index (χ2n) is 5.54. The summed E-state index contributed by atoms with van der Waals surface area (Å²) in [5, 5.41) is 13.4. The predicted molar refractivity (Wildman–Crippen MR) is 83.7 cm³/mol. The van der Waals surface area contributed by atoms with Crippen molar-refractivity contribution in [3.8, 4) is 11.5 Å². The largest absolute Gasteiger partial charge is 0.504 e. The van der Waals surface area contributed by atoms with Crippen LogP contribution >= 0.6 is 0 Å². The van der Waals surface area contributed by atoms with Gasteiger partial charge in [0.2, 0.25) is 0 Å². The third-order valence-corrected chi connectivity index (χ3v) is 3.99. The van der Waals surface area contributed by atoms with E-state index in [9.17, 15) is 5.11 Å². The SMILES string of the molecule is Oc1ccc(C2CCCNC2)cc1OCc1ccccc1. The molecule has 2 aromatic carbocycles. The molecule has 0 aliphatic carbocycles. The molecule has 2 N–H and O–H groups in total. The quantitative estimate of drug-likeness (QED) is 0.903. The predicted octanol–water partition coefficient (Wildman–Crippen LogP) is 3.44. The monoisotopic (exact) mass is 283 g/mol. The summed E-state index contributed by atoms with van der Waals surface area (Å²) in [7, 11) is 0. The lowest BCUT2D eigenvalue weighted by molar-refractivity contribution is 0.288. The van der Waals surface area contributed by atoms with Crippen molar-refractivity contribution < 1.29 is 9.84 Å². The van der Waals surface area contributed by atoms with Crippen LogP contribution in [0.15, 0.2) is 48.5 Å². The van der Waals surface area contributed by atoms with Crippen molar-refractivity contribution in [1.82, 2.24) is 5.32 Å². The fourth-order valence-corrected chi connectivity index (χ4v) is 2.77. The lowest BCUT2D eigenvalue weighted by Gasteiger charge is -2.23. The molecule has 1 aliphatic heterocycles. The van der Waals surface area contributed by atoms with E-state index in [1.165, 1.54) is 18.4 Å². The van der Waals surface area contributed by atoms with E-state index in [0.717, 1.165) is 18.7 Å². The number of rotatable bonds is 4. The van der Waals surface area contributed by atoms with Gasteiger partial charge in [0.15, 0.2) is 11.5 Å². The van der Waals surface area contributed by atoms with Crippen LogP contribution in [0.1, 0.15) is 29.9 Å². The maximum absolute atomic E-state index is 9.97. The van der Waals surface area contributed by atoms with Gasteiger partial charge in [-0.1, -0.05) is 36.4 Å². The molecule has 3 heteroatoms. The minimum absolute atomic E-state index is 0.207. The van der Waals surface area contributed by atoms with Crippen LogP contribution in [0.25, 0.3) is 0 Å². The van der Waals surface area contributed by atoms with Gasteiger partial charge in [0, 0.05) is 6.54 Å². The van der Waals surface area contributed by atoms with E-state index in [1.54, 1.807) is 6.07 Å². The Morgan fingerprint density at radius 3 is 2.76 bits per heavy atom. The van der Waals surface area contributed by atoms with Gasteiger partial charge in [-0.15, -0.1) is 0 Å². The molecular formula is C18H21NO2. The molecule has 0 bridgehead atoms. The van der Waals surface area contributed by atoms with Crippen molar-refractivity contribution in [2.45, 2.75) is 25.4 Å². The highest BCUT2D eigenvalue weighted by molar-refractivity contribution is 5.43. The molecule has 0 spiro atoms. The van der Waals surface area contributed by atoms with Crippen molar-refractivity contribution in [2.75, 3.05) is 13.1 Å². The first-order chi connectivity index (χ1) is 10.3. The van der Waals surface area contributed by atoms with Crippen LogP contribution in [-0.4, -0.2) is 18.2 Å². The zero-order valence-electron chi connectivity index (χ0n) is 12.1. The van der Waals surface area contributed by atoms with Crippen LogP contribution in [0, 0.1) is 0 Å². The maximum atomic E-state index is 9.97. The highest BCUT2D eigenvalue weighted by Gasteiger charge is 2.16. The number of hydrogen-bond donors (Lipinski definition) is 2. The first-order valence-corrected chi connectivity index (χ1v) is 7.53. The number of piperidine rings is 1. The molecule has 0 radical (unpaired) electrons. The summed E-state index contributed by atoms with van der Waals surface area (Å²) in [5.41, 5.74) is 2.34. The summed E-state index contributed by atoms with van der Waals surface area (Å²) in [6.07, 6.45) is 2.39.